The summed E-state index contributed by atoms with van der Waals surface area (Å²) in [5, 5.41) is 12.6. The Morgan fingerprint density at radius 3 is 2.74 bits per heavy atom. The number of thioether (sulfide) groups is 1. The summed E-state index contributed by atoms with van der Waals surface area (Å²) >= 11 is 1.44. The van der Waals surface area contributed by atoms with Crippen molar-refractivity contribution in [2.24, 2.45) is 0 Å². The van der Waals surface area contributed by atoms with Crippen molar-refractivity contribution in [2.45, 2.75) is 63.6 Å². The number of anilines is 1. The number of nitrogens with one attached hydrogen (secondary N) is 1. The lowest BCUT2D eigenvalue weighted by Gasteiger charge is -2.21. The van der Waals surface area contributed by atoms with Gasteiger partial charge in [0.25, 0.3) is 0 Å². The second-order valence-electron chi connectivity index (χ2n) is 7.21. The van der Waals surface area contributed by atoms with Gasteiger partial charge >= 0.3 is 0 Å². The van der Waals surface area contributed by atoms with Gasteiger partial charge in [-0.2, -0.15) is 0 Å². The van der Waals surface area contributed by atoms with Gasteiger partial charge < -0.3 is 9.88 Å². The van der Waals surface area contributed by atoms with Gasteiger partial charge in [-0.15, -0.1) is 16.8 Å². The van der Waals surface area contributed by atoms with Gasteiger partial charge in [0, 0.05) is 18.2 Å². The van der Waals surface area contributed by atoms with E-state index in [1.807, 2.05) is 31.2 Å². The van der Waals surface area contributed by atoms with Gasteiger partial charge in [0.15, 0.2) is 5.16 Å². The minimum Gasteiger partial charge on any atom is -0.325 e. The molecule has 0 unspecified atom stereocenters. The topological polar surface area (TPSA) is 59.8 Å². The van der Waals surface area contributed by atoms with Crippen LogP contribution < -0.4 is 5.32 Å². The molecule has 5 nitrogen and oxygen atoms in total. The molecule has 3 rings (SSSR count). The molecule has 144 valence electrons. The molecule has 1 aliphatic carbocycles. The van der Waals surface area contributed by atoms with Crippen molar-refractivity contribution in [3.05, 3.63) is 47.8 Å². The van der Waals surface area contributed by atoms with Crippen LogP contribution in [0.25, 0.3) is 0 Å². The van der Waals surface area contributed by atoms with E-state index in [1.54, 1.807) is 0 Å². The second kappa shape index (κ2) is 9.22. The fourth-order valence-electron chi connectivity index (χ4n) is 3.52. The maximum absolute atomic E-state index is 12.4. The molecule has 1 N–H and O–H groups in total. The smallest absolute Gasteiger partial charge is 0.234 e. The zero-order valence-corrected chi connectivity index (χ0v) is 17.0. The van der Waals surface area contributed by atoms with Gasteiger partial charge in [-0.05, 0) is 49.9 Å². The quantitative estimate of drug-likeness (QED) is 0.547. The highest BCUT2D eigenvalue weighted by atomic mass is 32.2. The zero-order valence-electron chi connectivity index (χ0n) is 16.2. The standard InChI is InChI=1S/C21H28N4OS/c1-4-12-25-20(17-8-6-5-7-9-17)23-24-21(25)27-14-19(26)22-18-11-10-15(2)16(3)13-18/h4,10-11,13,17H,1,5-9,12,14H2,2-3H3,(H,22,26). The Morgan fingerprint density at radius 1 is 1.26 bits per heavy atom. The normalized spacial score (nSPS) is 14.9. The van der Waals surface area contributed by atoms with Crippen LogP contribution in [-0.4, -0.2) is 26.4 Å². The number of rotatable bonds is 7. The molecule has 0 radical (unpaired) electrons. The minimum atomic E-state index is -0.0318. The maximum Gasteiger partial charge on any atom is 0.234 e. The van der Waals surface area contributed by atoms with Crippen molar-refractivity contribution in [3.8, 4) is 0 Å². The Hall–Kier alpha value is -2.08. The first kappa shape index (κ1) is 19.7. The third kappa shape index (κ3) is 5.01. The molecule has 1 amide bonds. The average Bonchev–Trinajstić information content (AvgIpc) is 3.07. The summed E-state index contributed by atoms with van der Waals surface area (Å²) in [5.74, 6) is 1.81. The third-order valence-corrected chi connectivity index (χ3v) is 6.12. The van der Waals surface area contributed by atoms with E-state index in [0.29, 0.717) is 18.2 Å². The molecule has 1 fully saturated rings. The fourth-order valence-corrected chi connectivity index (χ4v) is 4.27. The molecule has 0 atom stereocenters. The largest absolute Gasteiger partial charge is 0.325 e. The molecule has 0 bridgehead atoms. The number of nitrogens with zero attached hydrogens (tertiary/aromatic N) is 3. The predicted octanol–water partition coefficient (Wildman–Crippen LogP) is 4.86. The highest BCUT2D eigenvalue weighted by molar-refractivity contribution is 7.99. The van der Waals surface area contributed by atoms with E-state index in [9.17, 15) is 4.79 Å². The molecule has 0 spiro atoms. The first-order valence-corrected chi connectivity index (χ1v) is 10.6. The van der Waals surface area contributed by atoms with Gasteiger partial charge in [-0.1, -0.05) is 43.2 Å². The Bertz CT molecular complexity index is 809. The highest BCUT2D eigenvalue weighted by Crippen LogP contribution is 2.33. The molecule has 6 heteroatoms. The number of hydrogen-bond acceptors (Lipinski definition) is 4. The van der Waals surface area contributed by atoms with E-state index in [1.165, 1.54) is 55.0 Å². The van der Waals surface area contributed by atoms with E-state index in [-0.39, 0.29) is 5.91 Å². The lowest BCUT2D eigenvalue weighted by Crippen LogP contribution is -2.15. The second-order valence-corrected chi connectivity index (χ2v) is 8.15. The monoisotopic (exact) mass is 384 g/mol. The van der Waals surface area contributed by atoms with Gasteiger partial charge in [-0.25, -0.2) is 0 Å². The first-order chi connectivity index (χ1) is 13.1. The summed E-state index contributed by atoms with van der Waals surface area (Å²) in [4.78, 5) is 12.4. The van der Waals surface area contributed by atoms with Crippen LogP contribution in [0.2, 0.25) is 0 Å². The third-order valence-electron chi connectivity index (χ3n) is 5.15. The van der Waals surface area contributed by atoms with Crippen molar-refractivity contribution in [2.75, 3.05) is 11.1 Å². The van der Waals surface area contributed by atoms with Gasteiger partial charge in [0.05, 0.1) is 5.75 Å². The zero-order chi connectivity index (χ0) is 19.2. The number of aromatic nitrogens is 3. The van der Waals surface area contributed by atoms with Crippen LogP contribution in [0.5, 0.6) is 0 Å². The number of carbonyl (C=O) groups is 1. The fraction of sp³-hybridized carbons (Fsp3) is 0.476. The van der Waals surface area contributed by atoms with Gasteiger partial charge in [-0.3, -0.25) is 4.79 Å². The molecule has 0 aliphatic heterocycles. The van der Waals surface area contributed by atoms with Gasteiger partial charge in [0.2, 0.25) is 5.91 Å². The number of hydrogen-bond donors (Lipinski definition) is 1. The van der Waals surface area contributed by atoms with Crippen molar-refractivity contribution >= 4 is 23.4 Å². The van der Waals surface area contributed by atoms with E-state index < -0.39 is 0 Å². The predicted molar refractivity (Wildman–Crippen MR) is 111 cm³/mol. The summed E-state index contributed by atoms with van der Waals surface area (Å²) in [7, 11) is 0. The number of amides is 1. The number of carbonyl (C=O) groups excluding carboxylic acids is 1. The summed E-state index contributed by atoms with van der Waals surface area (Å²) in [6.07, 6.45) is 8.04. The van der Waals surface area contributed by atoms with Crippen LogP contribution >= 0.6 is 11.8 Å². The SMILES string of the molecule is C=CCn1c(SCC(=O)Nc2ccc(C)c(C)c2)nnc1C1CCCCC1. The molecule has 0 saturated heterocycles. The van der Waals surface area contributed by atoms with Crippen molar-refractivity contribution in [1.82, 2.24) is 14.8 Å². The highest BCUT2D eigenvalue weighted by Gasteiger charge is 2.23. The van der Waals surface area contributed by atoms with Crippen LogP contribution in [-0.2, 0) is 11.3 Å². The van der Waals surface area contributed by atoms with E-state index >= 15 is 0 Å². The van der Waals surface area contributed by atoms with Crippen molar-refractivity contribution in [1.29, 1.82) is 0 Å². The van der Waals surface area contributed by atoms with Crippen LogP contribution in [0.15, 0.2) is 36.0 Å². The van der Waals surface area contributed by atoms with E-state index in [2.05, 4.69) is 33.6 Å². The Labute approximate surface area is 165 Å². The number of allylic oxidation sites excluding steroid dienone is 1. The lowest BCUT2D eigenvalue weighted by molar-refractivity contribution is -0.113. The molecule has 1 saturated carbocycles. The summed E-state index contributed by atoms with van der Waals surface area (Å²) in [6, 6.07) is 5.96. The van der Waals surface area contributed by atoms with Gasteiger partial charge in [0.1, 0.15) is 5.82 Å². The molecule has 1 aromatic carbocycles. The lowest BCUT2D eigenvalue weighted by atomic mass is 9.89. The van der Waals surface area contributed by atoms with Crippen LogP contribution in [0.1, 0.15) is 55.0 Å². The van der Waals surface area contributed by atoms with Crippen LogP contribution in [0.3, 0.4) is 0 Å². The van der Waals surface area contributed by atoms with Crippen LogP contribution in [0.4, 0.5) is 5.69 Å². The van der Waals surface area contributed by atoms with Crippen molar-refractivity contribution in [3.63, 3.8) is 0 Å². The molecule has 1 aromatic heterocycles. The summed E-state index contributed by atoms with van der Waals surface area (Å²) < 4.78 is 2.12. The summed E-state index contributed by atoms with van der Waals surface area (Å²) in [5.41, 5.74) is 3.22. The molecular weight excluding hydrogens is 356 g/mol. The number of benzene rings is 1. The molecule has 1 aliphatic rings. The Morgan fingerprint density at radius 2 is 2.04 bits per heavy atom. The van der Waals surface area contributed by atoms with E-state index in [4.69, 9.17) is 0 Å². The minimum absolute atomic E-state index is 0.0318. The van der Waals surface area contributed by atoms with Crippen LogP contribution in [0, 0.1) is 13.8 Å². The maximum atomic E-state index is 12.4. The first-order valence-electron chi connectivity index (χ1n) is 9.62. The number of aryl methyl sites for hydroxylation is 2. The average molecular weight is 385 g/mol. The molecule has 1 heterocycles. The van der Waals surface area contributed by atoms with E-state index in [0.717, 1.165) is 16.7 Å². The molecule has 27 heavy (non-hydrogen) atoms. The summed E-state index contributed by atoms with van der Waals surface area (Å²) in [6.45, 7) is 8.65. The Balaban J connectivity index is 1.64. The molecule has 2 aromatic rings. The van der Waals surface area contributed by atoms with Crippen molar-refractivity contribution < 1.29 is 4.79 Å². The Kier molecular flexibility index (Phi) is 6.72. The molecular formula is C21H28N4OS.